The lowest BCUT2D eigenvalue weighted by Gasteiger charge is -2.23. The smallest absolute Gasteiger partial charge is 0.326 e. The van der Waals surface area contributed by atoms with Gasteiger partial charge in [0, 0.05) is 6.07 Å². The lowest BCUT2D eigenvalue weighted by atomic mass is 10.3. The molecule has 0 fully saturated rings. The zero-order valence-electron chi connectivity index (χ0n) is 14.0. The normalized spacial score (nSPS) is 10.8. The largest absolute Gasteiger partial charge is 0.497 e. The number of anilines is 1. The number of hydrogen-bond donors (Lipinski definition) is 0. The van der Waals surface area contributed by atoms with Gasteiger partial charge in [0.05, 0.1) is 24.8 Å². The maximum absolute atomic E-state index is 13.0. The molecule has 138 valence electrons. The van der Waals surface area contributed by atoms with Gasteiger partial charge in [-0.25, -0.2) is 8.42 Å². The molecule has 0 saturated carbocycles. The van der Waals surface area contributed by atoms with Crippen LogP contribution in [0.5, 0.6) is 5.75 Å². The number of methoxy groups -OCH3 is 2. The van der Waals surface area contributed by atoms with Crippen LogP contribution in [0.2, 0.25) is 0 Å². The van der Waals surface area contributed by atoms with Gasteiger partial charge in [-0.15, -0.1) is 0 Å². The SMILES string of the molecule is COC(=O)CN(c1ccc(OC)cc1)S(=O)(=O)c1ccccc1[N+](=O)[O-]. The number of sulfonamides is 1. The first kappa shape index (κ1) is 19.2. The van der Waals surface area contributed by atoms with Crippen molar-refractivity contribution in [2.75, 3.05) is 25.1 Å². The molecule has 0 spiro atoms. The van der Waals surface area contributed by atoms with Crippen molar-refractivity contribution in [3.05, 3.63) is 58.6 Å². The van der Waals surface area contributed by atoms with E-state index in [4.69, 9.17) is 4.74 Å². The van der Waals surface area contributed by atoms with E-state index in [9.17, 15) is 23.3 Å². The zero-order chi connectivity index (χ0) is 19.3. The summed E-state index contributed by atoms with van der Waals surface area (Å²) in [6.45, 7) is -0.642. The lowest BCUT2D eigenvalue weighted by Crippen LogP contribution is -2.36. The Morgan fingerprint density at radius 3 is 2.27 bits per heavy atom. The Morgan fingerprint density at radius 2 is 1.73 bits per heavy atom. The molecule has 0 saturated heterocycles. The van der Waals surface area contributed by atoms with Crippen molar-refractivity contribution in [1.82, 2.24) is 0 Å². The second-order valence-electron chi connectivity index (χ2n) is 5.01. The number of nitro groups is 1. The first-order valence-electron chi connectivity index (χ1n) is 7.28. The number of rotatable bonds is 7. The van der Waals surface area contributed by atoms with E-state index in [-0.39, 0.29) is 5.69 Å². The van der Waals surface area contributed by atoms with Crippen LogP contribution in [0.4, 0.5) is 11.4 Å². The standard InChI is InChI=1S/C16H16N2O7S/c1-24-13-9-7-12(8-10-13)17(11-16(19)25-2)26(22,23)15-6-4-3-5-14(15)18(20)21/h3-10H,11H2,1-2H3. The molecule has 2 aromatic rings. The summed E-state index contributed by atoms with van der Waals surface area (Å²) in [6, 6.07) is 10.8. The van der Waals surface area contributed by atoms with Gasteiger partial charge in [0.2, 0.25) is 0 Å². The minimum atomic E-state index is -4.40. The minimum Gasteiger partial charge on any atom is -0.497 e. The number of nitro benzene ring substituents is 1. The van der Waals surface area contributed by atoms with Gasteiger partial charge >= 0.3 is 5.97 Å². The van der Waals surface area contributed by atoms with Crippen LogP contribution in [0.3, 0.4) is 0 Å². The summed E-state index contributed by atoms with van der Waals surface area (Å²) in [6.07, 6.45) is 0. The maximum Gasteiger partial charge on any atom is 0.326 e. The molecule has 0 aromatic heterocycles. The van der Waals surface area contributed by atoms with Crippen LogP contribution in [0.15, 0.2) is 53.4 Å². The first-order valence-corrected chi connectivity index (χ1v) is 8.72. The molecule has 0 radical (unpaired) electrons. The van der Waals surface area contributed by atoms with Crippen LogP contribution in [0, 0.1) is 10.1 Å². The fraction of sp³-hybridized carbons (Fsp3) is 0.188. The Kier molecular flexibility index (Phi) is 5.78. The number of para-hydroxylation sites is 1. The molecule has 0 amide bonds. The molecule has 0 atom stereocenters. The number of ether oxygens (including phenoxy) is 2. The minimum absolute atomic E-state index is 0.134. The molecular formula is C16H16N2O7S. The summed E-state index contributed by atoms with van der Waals surface area (Å²) < 4.78 is 36.4. The number of nitrogens with zero attached hydrogens (tertiary/aromatic N) is 2. The third kappa shape index (κ3) is 3.91. The Labute approximate surface area is 150 Å². The summed E-state index contributed by atoms with van der Waals surface area (Å²) in [4.78, 5) is 21.6. The third-order valence-corrected chi connectivity index (χ3v) is 5.31. The zero-order valence-corrected chi connectivity index (χ0v) is 14.8. The summed E-state index contributed by atoms with van der Waals surface area (Å²) in [5.41, 5.74) is -0.453. The second-order valence-corrected chi connectivity index (χ2v) is 6.84. The molecule has 0 aliphatic carbocycles. The fourth-order valence-corrected chi connectivity index (χ4v) is 3.76. The Hall–Kier alpha value is -3.14. The number of hydrogen-bond acceptors (Lipinski definition) is 7. The molecule has 26 heavy (non-hydrogen) atoms. The third-order valence-electron chi connectivity index (χ3n) is 3.49. The Balaban J connectivity index is 2.60. The van der Waals surface area contributed by atoms with Gasteiger partial charge in [0.1, 0.15) is 12.3 Å². The summed E-state index contributed by atoms with van der Waals surface area (Å²) >= 11 is 0. The van der Waals surface area contributed by atoms with Crippen LogP contribution < -0.4 is 9.04 Å². The van der Waals surface area contributed by atoms with Crippen LogP contribution in [0.1, 0.15) is 0 Å². The molecule has 2 aromatic carbocycles. The highest BCUT2D eigenvalue weighted by molar-refractivity contribution is 7.93. The highest BCUT2D eigenvalue weighted by atomic mass is 32.2. The van der Waals surface area contributed by atoms with Gasteiger partial charge < -0.3 is 9.47 Å². The van der Waals surface area contributed by atoms with Gasteiger partial charge in [-0.2, -0.15) is 0 Å². The molecule has 0 bridgehead atoms. The van der Waals surface area contributed by atoms with Crippen molar-refractivity contribution < 1.29 is 27.6 Å². The molecule has 0 aliphatic heterocycles. The molecule has 10 heteroatoms. The van der Waals surface area contributed by atoms with Crippen molar-refractivity contribution in [3.8, 4) is 5.75 Å². The van der Waals surface area contributed by atoms with E-state index in [1.165, 1.54) is 43.5 Å². The van der Waals surface area contributed by atoms with Gasteiger partial charge in [-0.05, 0) is 30.3 Å². The van der Waals surface area contributed by atoms with Crippen LogP contribution in [-0.2, 0) is 19.6 Å². The van der Waals surface area contributed by atoms with Crippen molar-refractivity contribution >= 4 is 27.4 Å². The molecule has 0 aliphatic rings. The quantitative estimate of drug-likeness (QED) is 0.409. The Bertz CT molecular complexity index is 910. The monoisotopic (exact) mass is 380 g/mol. The van der Waals surface area contributed by atoms with E-state index in [1.54, 1.807) is 0 Å². The predicted molar refractivity (Wildman–Crippen MR) is 92.6 cm³/mol. The van der Waals surface area contributed by atoms with Gasteiger partial charge in [-0.3, -0.25) is 19.2 Å². The van der Waals surface area contributed by atoms with Crippen molar-refractivity contribution in [2.24, 2.45) is 0 Å². The second kappa shape index (κ2) is 7.83. The highest BCUT2D eigenvalue weighted by Gasteiger charge is 2.33. The molecule has 0 heterocycles. The average molecular weight is 380 g/mol. The Morgan fingerprint density at radius 1 is 1.12 bits per heavy atom. The van der Waals surface area contributed by atoms with Crippen LogP contribution >= 0.6 is 0 Å². The fourth-order valence-electron chi connectivity index (χ4n) is 2.19. The van der Waals surface area contributed by atoms with Gasteiger partial charge in [0.25, 0.3) is 15.7 Å². The van der Waals surface area contributed by atoms with Crippen molar-refractivity contribution in [3.63, 3.8) is 0 Å². The average Bonchev–Trinajstić information content (AvgIpc) is 2.65. The molecule has 9 nitrogen and oxygen atoms in total. The highest BCUT2D eigenvalue weighted by Crippen LogP contribution is 2.30. The number of benzene rings is 2. The molecular weight excluding hydrogens is 364 g/mol. The van der Waals surface area contributed by atoms with E-state index in [1.807, 2.05) is 0 Å². The van der Waals surface area contributed by atoms with Gasteiger partial charge in [0.15, 0.2) is 4.90 Å². The van der Waals surface area contributed by atoms with Crippen LogP contribution in [-0.4, -0.2) is 40.1 Å². The summed E-state index contributed by atoms with van der Waals surface area (Å²) in [7, 11) is -1.84. The molecule has 2 rings (SSSR count). The van der Waals surface area contributed by atoms with E-state index in [2.05, 4.69) is 4.74 Å². The van der Waals surface area contributed by atoms with E-state index < -0.39 is 38.0 Å². The summed E-state index contributed by atoms with van der Waals surface area (Å²) in [5.74, 6) is -0.335. The van der Waals surface area contributed by atoms with E-state index in [0.29, 0.717) is 5.75 Å². The number of carbonyl (C=O) groups excluding carboxylic acids is 1. The van der Waals surface area contributed by atoms with Crippen LogP contribution in [0.25, 0.3) is 0 Å². The summed E-state index contributed by atoms with van der Waals surface area (Å²) in [5, 5.41) is 11.2. The topological polar surface area (TPSA) is 116 Å². The first-order chi connectivity index (χ1) is 12.3. The van der Waals surface area contributed by atoms with Gasteiger partial charge in [-0.1, -0.05) is 12.1 Å². The van der Waals surface area contributed by atoms with E-state index in [0.717, 1.165) is 23.5 Å². The predicted octanol–water partition coefficient (Wildman–Crippen LogP) is 1.97. The molecule has 0 unspecified atom stereocenters. The van der Waals surface area contributed by atoms with E-state index >= 15 is 0 Å². The molecule has 0 N–H and O–H groups in total. The van der Waals surface area contributed by atoms with Crippen molar-refractivity contribution in [2.45, 2.75) is 4.90 Å². The lowest BCUT2D eigenvalue weighted by molar-refractivity contribution is -0.387. The number of carbonyl (C=O) groups is 1. The maximum atomic E-state index is 13.0. The van der Waals surface area contributed by atoms with Crippen molar-refractivity contribution in [1.29, 1.82) is 0 Å². The number of esters is 1.